The van der Waals surface area contributed by atoms with Crippen LogP contribution >= 0.6 is 11.6 Å². The molecule has 0 fully saturated rings. The van der Waals surface area contributed by atoms with E-state index in [0.29, 0.717) is 10.7 Å². The molecule has 1 aromatic heterocycles. The number of benzene rings is 2. The van der Waals surface area contributed by atoms with Gasteiger partial charge < -0.3 is 9.47 Å². The van der Waals surface area contributed by atoms with Crippen LogP contribution in [0.15, 0.2) is 59.4 Å². The van der Waals surface area contributed by atoms with Crippen molar-refractivity contribution in [3.8, 4) is 11.4 Å². The molecule has 0 aliphatic heterocycles. The fourth-order valence-corrected chi connectivity index (χ4v) is 2.87. The molecular weight excluding hydrogens is 380 g/mol. The van der Waals surface area contributed by atoms with Crippen molar-refractivity contribution in [2.45, 2.75) is 20.5 Å². The maximum atomic E-state index is 12.6. The van der Waals surface area contributed by atoms with Crippen molar-refractivity contribution in [2.75, 3.05) is 6.61 Å². The number of halogens is 1. The van der Waals surface area contributed by atoms with Crippen LogP contribution in [0.1, 0.15) is 28.5 Å². The summed E-state index contributed by atoms with van der Waals surface area (Å²) in [6.45, 7) is 4.02. The molecule has 0 aliphatic rings. The number of esters is 1. The van der Waals surface area contributed by atoms with E-state index >= 15 is 0 Å². The summed E-state index contributed by atoms with van der Waals surface area (Å²) in [6.07, 6.45) is 0. The minimum atomic E-state index is -0.678. The van der Waals surface area contributed by atoms with E-state index in [0.717, 1.165) is 15.8 Å². The van der Waals surface area contributed by atoms with Crippen LogP contribution in [-0.4, -0.2) is 22.4 Å². The highest BCUT2D eigenvalue weighted by Crippen LogP contribution is 2.21. The molecule has 0 aliphatic carbocycles. The van der Waals surface area contributed by atoms with Crippen molar-refractivity contribution < 1.29 is 14.3 Å². The Hall–Kier alpha value is -3.12. The molecule has 0 saturated carbocycles. The van der Waals surface area contributed by atoms with E-state index in [-0.39, 0.29) is 24.7 Å². The van der Waals surface area contributed by atoms with Crippen molar-refractivity contribution in [2.24, 2.45) is 0 Å². The number of carbonyl (C=O) groups excluding carboxylic acids is 1. The predicted molar refractivity (Wildman–Crippen MR) is 106 cm³/mol. The SMILES string of the molecule is CCOC(=O)c1nn(-c2ccccc2Cl)c(=O)cc1OCc1cccc(C)c1. The Balaban J connectivity index is 2.01. The highest BCUT2D eigenvalue weighted by Gasteiger charge is 2.20. The van der Waals surface area contributed by atoms with Gasteiger partial charge in [0.25, 0.3) is 5.56 Å². The van der Waals surface area contributed by atoms with Crippen LogP contribution in [0.4, 0.5) is 0 Å². The van der Waals surface area contributed by atoms with Crippen LogP contribution in [-0.2, 0) is 11.3 Å². The first-order valence-electron chi connectivity index (χ1n) is 8.74. The molecule has 2 aromatic carbocycles. The Morgan fingerprint density at radius 3 is 2.64 bits per heavy atom. The van der Waals surface area contributed by atoms with E-state index < -0.39 is 11.5 Å². The van der Waals surface area contributed by atoms with Gasteiger partial charge in [-0.25, -0.2) is 4.79 Å². The van der Waals surface area contributed by atoms with Crippen LogP contribution in [0.25, 0.3) is 5.69 Å². The smallest absolute Gasteiger partial charge is 0.362 e. The molecular formula is C21H19ClN2O4. The minimum absolute atomic E-state index is 0.0632. The van der Waals surface area contributed by atoms with Gasteiger partial charge in [-0.2, -0.15) is 9.78 Å². The maximum absolute atomic E-state index is 12.6. The quantitative estimate of drug-likeness (QED) is 0.588. The topological polar surface area (TPSA) is 70.4 Å². The lowest BCUT2D eigenvalue weighted by atomic mass is 10.1. The summed E-state index contributed by atoms with van der Waals surface area (Å²) >= 11 is 6.17. The fourth-order valence-electron chi connectivity index (χ4n) is 2.65. The van der Waals surface area contributed by atoms with E-state index in [9.17, 15) is 9.59 Å². The van der Waals surface area contributed by atoms with E-state index in [1.54, 1.807) is 31.2 Å². The zero-order chi connectivity index (χ0) is 20.1. The van der Waals surface area contributed by atoms with Crippen LogP contribution in [0.3, 0.4) is 0 Å². The standard InChI is InChI=1S/C21H19ClN2O4/c1-3-27-21(26)20-18(28-13-15-8-6-7-14(2)11-15)12-19(25)24(23-20)17-10-5-4-9-16(17)22/h4-12H,3,13H2,1-2H3. The van der Waals surface area contributed by atoms with Gasteiger partial charge in [0, 0.05) is 0 Å². The van der Waals surface area contributed by atoms with Gasteiger partial charge >= 0.3 is 5.97 Å². The zero-order valence-electron chi connectivity index (χ0n) is 15.5. The zero-order valence-corrected chi connectivity index (χ0v) is 16.3. The Labute approximate surface area is 167 Å². The van der Waals surface area contributed by atoms with Gasteiger partial charge in [-0.05, 0) is 31.5 Å². The van der Waals surface area contributed by atoms with Gasteiger partial charge in [0.2, 0.25) is 5.69 Å². The van der Waals surface area contributed by atoms with Gasteiger partial charge in [0.05, 0.1) is 23.4 Å². The third-order valence-corrected chi connectivity index (χ3v) is 4.24. The Bertz CT molecular complexity index is 1060. The number of aryl methyl sites for hydroxylation is 1. The third kappa shape index (κ3) is 4.40. The van der Waals surface area contributed by atoms with E-state index in [4.69, 9.17) is 21.1 Å². The average Bonchev–Trinajstić information content (AvgIpc) is 2.67. The molecule has 0 unspecified atom stereocenters. The molecule has 144 valence electrons. The molecule has 3 aromatic rings. The van der Waals surface area contributed by atoms with Crippen molar-refractivity contribution in [1.29, 1.82) is 0 Å². The number of ether oxygens (including phenoxy) is 2. The van der Waals surface area contributed by atoms with Crippen LogP contribution in [0, 0.1) is 6.92 Å². The van der Waals surface area contributed by atoms with Crippen molar-refractivity contribution in [3.05, 3.63) is 86.8 Å². The molecule has 0 spiro atoms. The monoisotopic (exact) mass is 398 g/mol. The lowest BCUT2D eigenvalue weighted by Gasteiger charge is -2.13. The molecule has 0 saturated heterocycles. The number of rotatable bonds is 6. The summed E-state index contributed by atoms with van der Waals surface area (Å²) in [7, 11) is 0. The van der Waals surface area contributed by atoms with Gasteiger partial charge in [0.15, 0.2) is 5.75 Å². The van der Waals surface area contributed by atoms with Gasteiger partial charge in [-0.15, -0.1) is 0 Å². The lowest BCUT2D eigenvalue weighted by Crippen LogP contribution is -2.25. The fraction of sp³-hybridized carbons (Fsp3) is 0.190. The number of aromatic nitrogens is 2. The normalized spacial score (nSPS) is 10.5. The van der Waals surface area contributed by atoms with Gasteiger partial charge in [0.1, 0.15) is 6.61 Å². The summed E-state index contributed by atoms with van der Waals surface area (Å²) in [5.41, 5.74) is 1.79. The highest BCUT2D eigenvalue weighted by atomic mass is 35.5. The molecule has 7 heteroatoms. The first-order valence-corrected chi connectivity index (χ1v) is 9.12. The molecule has 0 amide bonds. The lowest BCUT2D eigenvalue weighted by molar-refractivity contribution is 0.0511. The summed E-state index contributed by atoms with van der Waals surface area (Å²) in [4.78, 5) is 25.0. The van der Waals surface area contributed by atoms with Gasteiger partial charge in [-0.1, -0.05) is 53.6 Å². The average molecular weight is 399 g/mol. The number of hydrogen-bond donors (Lipinski definition) is 0. The molecule has 0 N–H and O–H groups in total. The molecule has 0 bridgehead atoms. The summed E-state index contributed by atoms with van der Waals surface area (Å²) < 4.78 is 11.9. The third-order valence-electron chi connectivity index (χ3n) is 3.92. The Kier molecular flexibility index (Phi) is 6.11. The summed E-state index contributed by atoms with van der Waals surface area (Å²) in [6, 6.07) is 15.7. The number of para-hydroxylation sites is 1. The second-order valence-corrected chi connectivity index (χ2v) is 6.46. The maximum Gasteiger partial charge on any atom is 0.362 e. The molecule has 6 nitrogen and oxygen atoms in total. The molecule has 1 heterocycles. The number of hydrogen-bond acceptors (Lipinski definition) is 5. The van der Waals surface area contributed by atoms with E-state index in [2.05, 4.69) is 5.10 Å². The van der Waals surface area contributed by atoms with Crippen LogP contribution in [0.2, 0.25) is 5.02 Å². The van der Waals surface area contributed by atoms with Crippen molar-refractivity contribution in [3.63, 3.8) is 0 Å². The van der Waals surface area contributed by atoms with Crippen LogP contribution in [0.5, 0.6) is 5.75 Å². The van der Waals surface area contributed by atoms with Gasteiger partial charge in [-0.3, -0.25) is 4.79 Å². The van der Waals surface area contributed by atoms with Crippen LogP contribution < -0.4 is 10.3 Å². The Morgan fingerprint density at radius 1 is 1.14 bits per heavy atom. The predicted octanol–water partition coefficient (Wildman–Crippen LogP) is 3.95. The number of nitrogens with zero attached hydrogens (tertiary/aromatic N) is 2. The van der Waals surface area contributed by atoms with Crippen molar-refractivity contribution >= 4 is 17.6 Å². The van der Waals surface area contributed by atoms with Crippen molar-refractivity contribution in [1.82, 2.24) is 9.78 Å². The first kappa shape index (κ1) is 19.6. The van der Waals surface area contributed by atoms with E-state index in [1.165, 1.54) is 6.07 Å². The molecule has 28 heavy (non-hydrogen) atoms. The molecule has 0 radical (unpaired) electrons. The summed E-state index contributed by atoms with van der Waals surface area (Å²) in [5, 5.41) is 4.51. The van der Waals surface area contributed by atoms with E-state index in [1.807, 2.05) is 31.2 Å². The summed E-state index contributed by atoms with van der Waals surface area (Å²) in [5.74, 6) is -0.615. The Morgan fingerprint density at radius 2 is 1.93 bits per heavy atom. The first-order chi connectivity index (χ1) is 13.5. The minimum Gasteiger partial charge on any atom is -0.486 e. The second-order valence-electron chi connectivity index (χ2n) is 6.06. The second kappa shape index (κ2) is 8.71. The molecule has 0 atom stereocenters. The largest absolute Gasteiger partial charge is 0.486 e. The molecule has 3 rings (SSSR count). The highest BCUT2D eigenvalue weighted by molar-refractivity contribution is 6.32. The number of carbonyl (C=O) groups is 1.